The third kappa shape index (κ3) is 10.1. The lowest BCUT2D eigenvalue weighted by molar-refractivity contribution is 0.185. The van der Waals surface area contributed by atoms with Crippen molar-refractivity contribution in [3.05, 3.63) is 108 Å². The van der Waals surface area contributed by atoms with Gasteiger partial charge in [0.25, 0.3) is 0 Å². The van der Waals surface area contributed by atoms with E-state index in [9.17, 15) is 0 Å². The standard InChI is InChI=1S/C35H44B2N2O5/c1-28-3-11-32(12-4-28)36(43-25-21-38-19-23-40)34-15-7-30(8-16-34)31-9-17-35(18-10-31)37(44-26-22-39-20-24-41)33-13-5-29(6-14-33)27-42-2/h3-18,38-41H,19-27H2,1-2H3. The summed E-state index contributed by atoms with van der Waals surface area (Å²) in [5, 5.41) is 24.5. The molecule has 0 atom stereocenters. The fraction of sp³-hybridized carbons (Fsp3) is 0.314. The Labute approximate surface area is 262 Å². The number of aliphatic hydroxyl groups is 2. The van der Waals surface area contributed by atoms with Crippen LogP contribution in [0.5, 0.6) is 0 Å². The average Bonchev–Trinajstić information content (AvgIpc) is 3.06. The van der Waals surface area contributed by atoms with Gasteiger partial charge in [-0.1, -0.05) is 103 Å². The Morgan fingerprint density at radius 1 is 0.545 bits per heavy atom. The van der Waals surface area contributed by atoms with Gasteiger partial charge in [-0.15, -0.1) is 0 Å². The summed E-state index contributed by atoms with van der Waals surface area (Å²) >= 11 is 0. The highest BCUT2D eigenvalue weighted by Gasteiger charge is 2.23. The van der Waals surface area contributed by atoms with Gasteiger partial charge >= 0.3 is 13.8 Å². The molecule has 0 saturated carbocycles. The number of aryl methyl sites for hydroxylation is 1. The molecule has 0 radical (unpaired) electrons. The Morgan fingerprint density at radius 3 is 1.32 bits per heavy atom. The van der Waals surface area contributed by atoms with Gasteiger partial charge in [-0.2, -0.15) is 0 Å². The maximum atomic E-state index is 9.06. The minimum absolute atomic E-state index is 0.107. The lowest BCUT2D eigenvalue weighted by Gasteiger charge is -2.17. The third-order valence-electron chi connectivity index (χ3n) is 7.44. The van der Waals surface area contributed by atoms with E-state index in [-0.39, 0.29) is 27.0 Å². The normalized spacial score (nSPS) is 11.1. The van der Waals surface area contributed by atoms with Gasteiger partial charge in [0.1, 0.15) is 0 Å². The lowest BCUT2D eigenvalue weighted by atomic mass is 9.55. The van der Waals surface area contributed by atoms with E-state index in [0.29, 0.717) is 46.0 Å². The summed E-state index contributed by atoms with van der Waals surface area (Å²) in [4.78, 5) is 0. The van der Waals surface area contributed by atoms with Gasteiger partial charge in [-0.3, -0.25) is 0 Å². The van der Waals surface area contributed by atoms with Crippen molar-refractivity contribution in [1.29, 1.82) is 0 Å². The molecule has 4 N–H and O–H groups in total. The molecular formula is C35H44B2N2O5. The molecule has 0 bridgehead atoms. The fourth-order valence-electron chi connectivity index (χ4n) is 5.07. The summed E-state index contributed by atoms with van der Waals surface area (Å²) in [5.74, 6) is 0. The first-order valence-corrected chi connectivity index (χ1v) is 15.3. The number of benzene rings is 4. The molecule has 0 aliphatic rings. The zero-order valence-electron chi connectivity index (χ0n) is 25.9. The molecule has 230 valence electrons. The number of aliphatic hydroxyl groups excluding tert-OH is 2. The first kappa shape index (κ1) is 33.6. The highest BCUT2D eigenvalue weighted by molar-refractivity contribution is 6.80. The molecule has 0 spiro atoms. The summed E-state index contributed by atoms with van der Waals surface area (Å²) in [6.45, 7) is 6.00. The van der Waals surface area contributed by atoms with Crippen molar-refractivity contribution < 1.29 is 24.3 Å². The summed E-state index contributed by atoms with van der Waals surface area (Å²) in [5.41, 5.74) is 8.95. The van der Waals surface area contributed by atoms with Crippen LogP contribution in [0.1, 0.15) is 11.1 Å². The first-order chi connectivity index (χ1) is 21.6. The Hall–Kier alpha value is -3.27. The topological polar surface area (TPSA) is 92.2 Å². The molecule has 0 amide bonds. The summed E-state index contributed by atoms with van der Waals surface area (Å²) < 4.78 is 17.9. The van der Waals surface area contributed by atoms with Crippen LogP contribution in [0.3, 0.4) is 0 Å². The molecule has 4 aromatic carbocycles. The fourth-order valence-corrected chi connectivity index (χ4v) is 5.07. The second-order valence-corrected chi connectivity index (χ2v) is 10.8. The van der Waals surface area contributed by atoms with E-state index in [2.05, 4.69) is 115 Å². The predicted octanol–water partition coefficient (Wildman–Crippen LogP) is 1.22. The average molecular weight is 594 g/mol. The van der Waals surface area contributed by atoms with Crippen LogP contribution in [-0.2, 0) is 20.7 Å². The first-order valence-electron chi connectivity index (χ1n) is 15.3. The van der Waals surface area contributed by atoms with Gasteiger partial charge < -0.3 is 34.9 Å². The molecule has 0 heterocycles. The molecule has 0 unspecified atom stereocenters. The molecule has 4 rings (SSSR count). The van der Waals surface area contributed by atoms with Crippen LogP contribution in [-0.4, -0.2) is 83.8 Å². The lowest BCUT2D eigenvalue weighted by Crippen LogP contribution is -2.46. The van der Waals surface area contributed by atoms with Crippen LogP contribution >= 0.6 is 0 Å². The summed E-state index contributed by atoms with van der Waals surface area (Å²) in [7, 11) is 1.70. The number of rotatable bonds is 19. The minimum atomic E-state index is -0.210. The van der Waals surface area contributed by atoms with Gasteiger partial charge in [0.2, 0.25) is 0 Å². The maximum absolute atomic E-state index is 9.06. The maximum Gasteiger partial charge on any atom is 0.361 e. The van der Waals surface area contributed by atoms with Gasteiger partial charge in [-0.05, 0) is 45.5 Å². The highest BCUT2D eigenvalue weighted by Crippen LogP contribution is 2.17. The van der Waals surface area contributed by atoms with E-state index in [0.717, 1.165) is 38.5 Å². The van der Waals surface area contributed by atoms with E-state index in [1.807, 2.05) is 0 Å². The van der Waals surface area contributed by atoms with Crippen LogP contribution < -0.4 is 32.5 Å². The van der Waals surface area contributed by atoms with Crippen molar-refractivity contribution >= 4 is 35.7 Å². The van der Waals surface area contributed by atoms with Crippen molar-refractivity contribution in [2.24, 2.45) is 0 Å². The third-order valence-corrected chi connectivity index (χ3v) is 7.44. The Bertz CT molecular complexity index is 1350. The monoisotopic (exact) mass is 594 g/mol. The van der Waals surface area contributed by atoms with Crippen LogP contribution in [0.4, 0.5) is 0 Å². The van der Waals surface area contributed by atoms with Crippen molar-refractivity contribution in [3.63, 3.8) is 0 Å². The zero-order chi connectivity index (χ0) is 31.0. The second-order valence-electron chi connectivity index (χ2n) is 10.8. The van der Waals surface area contributed by atoms with Gasteiger partial charge in [-0.25, -0.2) is 0 Å². The molecule has 0 fully saturated rings. The number of hydrogen-bond acceptors (Lipinski definition) is 7. The molecule has 9 heteroatoms. The largest absolute Gasteiger partial charge is 0.426 e. The Kier molecular flexibility index (Phi) is 14.1. The van der Waals surface area contributed by atoms with E-state index in [1.54, 1.807) is 7.11 Å². The highest BCUT2D eigenvalue weighted by atomic mass is 16.5. The van der Waals surface area contributed by atoms with E-state index < -0.39 is 0 Å². The van der Waals surface area contributed by atoms with Crippen LogP contribution in [0.2, 0.25) is 0 Å². The van der Waals surface area contributed by atoms with Crippen molar-refractivity contribution in [1.82, 2.24) is 10.6 Å². The van der Waals surface area contributed by atoms with Crippen molar-refractivity contribution in [2.45, 2.75) is 13.5 Å². The molecule has 0 aromatic heterocycles. The quantitative estimate of drug-likeness (QED) is 0.0960. The number of nitrogens with one attached hydrogen (secondary N) is 2. The minimum Gasteiger partial charge on any atom is -0.426 e. The SMILES string of the molecule is COCc1ccc(B(OCCNCCO)c2ccc(-c3ccc(B(OCCNCCO)c4ccc(C)cc4)cc3)cc2)cc1. The number of hydrogen-bond donors (Lipinski definition) is 4. The smallest absolute Gasteiger partial charge is 0.361 e. The Morgan fingerprint density at radius 2 is 0.932 bits per heavy atom. The van der Waals surface area contributed by atoms with Gasteiger partial charge in [0.15, 0.2) is 0 Å². The summed E-state index contributed by atoms with van der Waals surface area (Å²) in [6, 6.07) is 34.0. The van der Waals surface area contributed by atoms with Crippen LogP contribution in [0.25, 0.3) is 11.1 Å². The molecular weight excluding hydrogens is 550 g/mol. The van der Waals surface area contributed by atoms with E-state index in [1.165, 1.54) is 5.56 Å². The van der Waals surface area contributed by atoms with E-state index in [4.69, 9.17) is 24.3 Å². The molecule has 0 aliphatic carbocycles. The van der Waals surface area contributed by atoms with Crippen molar-refractivity contribution in [3.8, 4) is 11.1 Å². The predicted molar refractivity (Wildman–Crippen MR) is 182 cm³/mol. The molecule has 44 heavy (non-hydrogen) atoms. The van der Waals surface area contributed by atoms with Crippen LogP contribution in [0.15, 0.2) is 97.1 Å². The Balaban J connectivity index is 1.49. The molecule has 0 aliphatic heterocycles. The van der Waals surface area contributed by atoms with E-state index >= 15 is 0 Å². The van der Waals surface area contributed by atoms with Gasteiger partial charge in [0.05, 0.1) is 19.8 Å². The van der Waals surface area contributed by atoms with Crippen molar-refractivity contribution in [2.75, 3.05) is 59.7 Å². The second kappa shape index (κ2) is 18.5. The van der Waals surface area contributed by atoms with Crippen LogP contribution in [0, 0.1) is 6.92 Å². The van der Waals surface area contributed by atoms with Gasteiger partial charge in [0, 0.05) is 46.5 Å². The summed E-state index contributed by atoms with van der Waals surface area (Å²) in [6.07, 6.45) is 0. The molecule has 4 aromatic rings. The number of ether oxygens (including phenoxy) is 1. The zero-order valence-corrected chi connectivity index (χ0v) is 25.9. The number of methoxy groups -OCH3 is 1. The molecule has 7 nitrogen and oxygen atoms in total. The molecule has 0 saturated heterocycles.